The van der Waals surface area contributed by atoms with Crippen molar-refractivity contribution in [2.45, 2.75) is 11.4 Å². The molecule has 2 aromatic heterocycles. The van der Waals surface area contributed by atoms with E-state index in [1.165, 1.54) is 19.2 Å². The third-order valence-corrected chi connectivity index (χ3v) is 4.75. The van der Waals surface area contributed by atoms with Crippen LogP contribution in [0.25, 0.3) is 11.0 Å². The average Bonchev–Trinajstić information content (AvgIpc) is 3.02. The Labute approximate surface area is 128 Å². The number of sulfonamides is 1. The number of aromatic nitrogens is 2. The van der Waals surface area contributed by atoms with Crippen molar-refractivity contribution in [1.29, 1.82) is 0 Å². The third-order valence-electron chi connectivity index (χ3n) is 3.35. The van der Waals surface area contributed by atoms with Crippen molar-refractivity contribution in [2.75, 3.05) is 7.11 Å². The second-order valence-electron chi connectivity index (χ2n) is 4.71. The summed E-state index contributed by atoms with van der Waals surface area (Å²) < 4.78 is 32.4. The smallest absolute Gasteiger partial charge is 0.241 e. The number of ether oxygens (including phenoxy) is 1. The Kier molecular flexibility index (Phi) is 3.82. The molecule has 0 fully saturated rings. The highest BCUT2D eigenvalue weighted by Gasteiger charge is 2.15. The van der Waals surface area contributed by atoms with Crippen molar-refractivity contribution in [3.8, 4) is 5.75 Å². The molecule has 3 aromatic rings. The molecule has 0 saturated heterocycles. The summed E-state index contributed by atoms with van der Waals surface area (Å²) in [5.41, 5.74) is 1.59. The number of nitrogens with zero attached hydrogens (tertiary/aromatic N) is 1. The maximum absolute atomic E-state index is 12.4. The first-order valence-electron chi connectivity index (χ1n) is 6.65. The summed E-state index contributed by atoms with van der Waals surface area (Å²) >= 11 is 0. The Balaban J connectivity index is 1.84. The van der Waals surface area contributed by atoms with Gasteiger partial charge in [0.25, 0.3) is 0 Å². The number of benzene rings is 1. The van der Waals surface area contributed by atoms with Gasteiger partial charge in [0.1, 0.15) is 11.4 Å². The summed E-state index contributed by atoms with van der Waals surface area (Å²) in [7, 11) is -2.10. The molecule has 114 valence electrons. The second-order valence-corrected chi connectivity index (χ2v) is 6.48. The Morgan fingerprint density at radius 1 is 1.27 bits per heavy atom. The minimum atomic E-state index is -3.60. The van der Waals surface area contributed by atoms with E-state index in [9.17, 15) is 8.42 Å². The van der Waals surface area contributed by atoms with Gasteiger partial charge in [0, 0.05) is 30.4 Å². The van der Waals surface area contributed by atoms with E-state index in [1.807, 2.05) is 6.07 Å². The molecule has 0 unspecified atom stereocenters. The van der Waals surface area contributed by atoms with Crippen LogP contribution < -0.4 is 9.46 Å². The fourth-order valence-corrected chi connectivity index (χ4v) is 3.24. The lowest BCUT2D eigenvalue weighted by Gasteiger charge is -2.09. The van der Waals surface area contributed by atoms with E-state index >= 15 is 0 Å². The van der Waals surface area contributed by atoms with Crippen molar-refractivity contribution >= 4 is 21.1 Å². The average molecular weight is 317 g/mol. The van der Waals surface area contributed by atoms with Crippen LogP contribution in [0, 0.1) is 0 Å². The van der Waals surface area contributed by atoms with Crippen LogP contribution in [0.4, 0.5) is 0 Å². The molecule has 0 atom stereocenters. The molecule has 0 aliphatic rings. The van der Waals surface area contributed by atoms with Crippen molar-refractivity contribution in [3.05, 3.63) is 54.4 Å². The fraction of sp³-hybridized carbons (Fsp3) is 0.133. The van der Waals surface area contributed by atoms with Gasteiger partial charge in [-0.1, -0.05) is 6.07 Å². The van der Waals surface area contributed by atoms with Gasteiger partial charge < -0.3 is 9.72 Å². The van der Waals surface area contributed by atoms with Gasteiger partial charge in [0.15, 0.2) is 0 Å². The lowest BCUT2D eigenvalue weighted by molar-refractivity contribution is 0.413. The molecule has 0 amide bonds. The summed E-state index contributed by atoms with van der Waals surface area (Å²) in [5, 5.41) is 0.899. The number of pyridine rings is 1. The normalized spacial score (nSPS) is 11.7. The van der Waals surface area contributed by atoms with Gasteiger partial charge in [0.2, 0.25) is 10.0 Å². The molecule has 0 radical (unpaired) electrons. The van der Waals surface area contributed by atoms with Gasteiger partial charge in [-0.15, -0.1) is 0 Å². The Hall–Kier alpha value is -2.38. The maximum atomic E-state index is 12.4. The molecule has 22 heavy (non-hydrogen) atoms. The summed E-state index contributed by atoms with van der Waals surface area (Å²) in [5.74, 6) is 0.500. The van der Waals surface area contributed by atoms with E-state index in [4.69, 9.17) is 4.74 Å². The van der Waals surface area contributed by atoms with Crippen molar-refractivity contribution < 1.29 is 13.2 Å². The molecule has 3 rings (SSSR count). The highest BCUT2D eigenvalue weighted by molar-refractivity contribution is 7.89. The van der Waals surface area contributed by atoms with Crippen LogP contribution in [0.3, 0.4) is 0 Å². The molecule has 1 aromatic carbocycles. The number of hydrogen-bond acceptors (Lipinski definition) is 4. The summed E-state index contributed by atoms with van der Waals surface area (Å²) in [6.07, 6.45) is 3.42. The third kappa shape index (κ3) is 2.81. The number of aromatic amines is 1. The van der Waals surface area contributed by atoms with Crippen molar-refractivity contribution in [2.24, 2.45) is 0 Å². The highest BCUT2D eigenvalue weighted by Crippen LogP contribution is 2.19. The predicted octanol–water partition coefficient (Wildman–Crippen LogP) is 2.05. The number of fused-ring (bicyclic) bond motifs is 1. The monoisotopic (exact) mass is 317 g/mol. The molecule has 6 nitrogen and oxygen atoms in total. The van der Waals surface area contributed by atoms with E-state index in [0.29, 0.717) is 5.75 Å². The molecular formula is C15H15N3O3S. The van der Waals surface area contributed by atoms with Crippen molar-refractivity contribution in [1.82, 2.24) is 14.7 Å². The summed E-state index contributed by atoms with van der Waals surface area (Å²) in [4.78, 5) is 7.35. The maximum Gasteiger partial charge on any atom is 0.241 e. The largest absolute Gasteiger partial charge is 0.497 e. The van der Waals surface area contributed by atoms with Gasteiger partial charge in [-0.2, -0.15) is 0 Å². The lowest BCUT2D eigenvalue weighted by Crippen LogP contribution is -2.23. The molecule has 0 aliphatic carbocycles. The van der Waals surface area contributed by atoms with Gasteiger partial charge in [-0.25, -0.2) is 18.1 Å². The highest BCUT2D eigenvalue weighted by atomic mass is 32.2. The molecule has 0 aliphatic heterocycles. The van der Waals surface area contributed by atoms with Crippen LogP contribution in [0.5, 0.6) is 5.75 Å². The molecule has 2 heterocycles. The Morgan fingerprint density at radius 2 is 2.14 bits per heavy atom. The van der Waals surface area contributed by atoms with Gasteiger partial charge in [0.05, 0.1) is 12.0 Å². The van der Waals surface area contributed by atoms with Crippen molar-refractivity contribution in [3.63, 3.8) is 0 Å². The van der Waals surface area contributed by atoms with Crippen LogP contribution in [-0.2, 0) is 16.6 Å². The number of H-pyrrole nitrogens is 1. The van der Waals surface area contributed by atoms with E-state index in [-0.39, 0.29) is 11.4 Å². The lowest BCUT2D eigenvalue weighted by atomic mass is 10.2. The first kappa shape index (κ1) is 14.6. The SMILES string of the molecule is COc1cccc(S(=O)(=O)NCc2ccnc3[nH]ccc23)c1. The first-order valence-corrected chi connectivity index (χ1v) is 8.13. The first-order chi connectivity index (χ1) is 10.6. The quantitative estimate of drug-likeness (QED) is 0.754. The molecular weight excluding hydrogens is 302 g/mol. The number of methoxy groups -OCH3 is 1. The van der Waals surface area contributed by atoms with Crippen LogP contribution in [-0.4, -0.2) is 25.5 Å². The zero-order valence-corrected chi connectivity index (χ0v) is 12.7. The van der Waals surface area contributed by atoms with Gasteiger partial charge in [-0.3, -0.25) is 0 Å². The molecule has 7 heteroatoms. The van der Waals surface area contributed by atoms with E-state index in [0.717, 1.165) is 16.6 Å². The molecule has 0 bridgehead atoms. The zero-order valence-electron chi connectivity index (χ0n) is 11.9. The minimum Gasteiger partial charge on any atom is -0.497 e. The van der Waals surface area contributed by atoms with Crippen LogP contribution >= 0.6 is 0 Å². The molecule has 2 N–H and O–H groups in total. The van der Waals surface area contributed by atoms with Crippen LogP contribution in [0.1, 0.15) is 5.56 Å². The minimum absolute atomic E-state index is 0.172. The van der Waals surface area contributed by atoms with Gasteiger partial charge in [-0.05, 0) is 29.8 Å². The number of hydrogen-bond donors (Lipinski definition) is 2. The van der Waals surface area contributed by atoms with E-state index in [2.05, 4.69) is 14.7 Å². The second kappa shape index (κ2) is 5.78. The fourth-order valence-electron chi connectivity index (χ4n) is 2.20. The molecule has 0 saturated carbocycles. The predicted molar refractivity (Wildman–Crippen MR) is 83.1 cm³/mol. The topological polar surface area (TPSA) is 84.1 Å². The zero-order chi connectivity index (χ0) is 15.6. The van der Waals surface area contributed by atoms with E-state index in [1.54, 1.807) is 30.6 Å². The van der Waals surface area contributed by atoms with Crippen LogP contribution in [0.2, 0.25) is 0 Å². The number of rotatable bonds is 5. The number of nitrogens with one attached hydrogen (secondary N) is 2. The van der Waals surface area contributed by atoms with E-state index < -0.39 is 10.0 Å². The Bertz CT molecular complexity index is 903. The summed E-state index contributed by atoms with van der Waals surface area (Å²) in [6, 6.07) is 10.0. The van der Waals surface area contributed by atoms with Gasteiger partial charge >= 0.3 is 0 Å². The standard InChI is InChI=1S/C15H15N3O3S/c1-21-12-3-2-4-13(9-12)22(19,20)18-10-11-5-7-16-15-14(11)6-8-17-15/h2-9,18H,10H2,1H3,(H,16,17). The molecule has 0 spiro atoms. The summed E-state index contributed by atoms with van der Waals surface area (Å²) in [6.45, 7) is 0.191. The van der Waals surface area contributed by atoms with Crippen LogP contribution in [0.15, 0.2) is 53.7 Å². The Morgan fingerprint density at radius 3 is 2.95 bits per heavy atom.